The Kier molecular flexibility index (Phi) is 8.26. The first-order valence-corrected chi connectivity index (χ1v) is 14.6. The number of anilines is 1. The highest BCUT2D eigenvalue weighted by Crippen LogP contribution is 2.33. The molecule has 1 aliphatic heterocycles. The molecule has 4 aromatic carbocycles. The quantitative estimate of drug-likeness (QED) is 0.176. The van der Waals surface area contributed by atoms with Gasteiger partial charge in [-0.2, -0.15) is 0 Å². The first kappa shape index (κ1) is 29.3. The van der Waals surface area contributed by atoms with Crippen molar-refractivity contribution < 1.29 is 28.2 Å². The van der Waals surface area contributed by atoms with Gasteiger partial charge in [-0.05, 0) is 66.6 Å². The predicted octanol–water partition coefficient (Wildman–Crippen LogP) is 6.99. The second-order valence-electron chi connectivity index (χ2n) is 10.7. The van der Waals surface area contributed by atoms with Crippen LogP contribution in [0.2, 0.25) is 5.02 Å². The molecular weight excluding hydrogens is 583 g/mol. The van der Waals surface area contributed by atoms with E-state index in [1.54, 1.807) is 25.1 Å². The van der Waals surface area contributed by atoms with Crippen LogP contribution in [0.15, 0.2) is 91.0 Å². The molecule has 0 fully saturated rings. The predicted molar refractivity (Wildman–Crippen MR) is 167 cm³/mol. The van der Waals surface area contributed by atoms with Crippen molar-refractivity contribution in [2.45, 2.75) is 26.1 Å². The summed E-state index contributed by atoms with van der Waals surface area (Å²) in [6.45, 7) is 2.79. The third kappa shape index (κ3) is 5.98. The molecule has 1 aliphatic rings. The van der Waals surface area contributed by atoms with E-state index in [1.807, 2.05) is 61.6 Å². The summed E-state index contributed by atoms with van der Waals surface area (Å²) in [5.41, 5.74) is 3.60. The van der Waals surface area contributed by atoms with Crippen LogP contribution in [0.1, 0.15) is 27.2 Å². The molecule has 0 radical (unpaired) electrons. The molecule has 7 nitrogen and oxygen atoms in total. The van der Waals surface area contributed by atoms with Crippen molar-refractivity contribution >= 4 is 40.1 Å². The molecule has 0 saturated heterocycles. The molecule has 2 heterocycles. The van der Waals surface area contributed by atoms with Crippen LogP contribution in [0.4, 0.5) is 10.1 Å². The Hall–Kier alpha value is -4.82. The lowest BCUT2D eigenvalue weighted by molar-refractivity contribution is -0.144. The zero-order valence-electron chi connectivity index (χ0n) is 24.3. The number of aromatic nitrogens is 1. The van der Waals surface area contributed by atoms with Gasteiger partial charge in [0.2, 0.25) is 0 Å². The molecule has 5 aromatic rings. The summed E-state index contributed by atoms with van der Waals surface area (Å²) in [4.78, 5) is 28.8. The highest BCUT2D eigenvalue weighted by Gasteiger charge is 2.26. The lowest BCUT2D eigenvalue weighted by atomic mass is 10.1. The van der Waals surface area contributed by atoms with Crippen molar-refractivity contribution in [1.29, 1.82) is 0 Å². The van der Waals surface area contributed by atoms with Gasteiger partial charge in [0.1, 0.15) is 36.6 Å². The van der Waals surface area contributed by atoms with Crippen LogP contribution in [0.25, 0.3) is 10.9 Å². The third-order valence-corrected chi connectivity index (χ3v) is 8.03. The van der Waals surface area contributed by atoms with E-state index < -0.39 is 17.7 Å². The lowest BCUT2D eigenvalue weighted by Crippen LogP contribution is -2.41. The molecule has 0 bridgehead atoms. The number of fused-ring (bicyclic) bond motifs is 2. The van der Waals surface area contributed by atoms with E-state index in [0.717, 1.165) is 17.0 Å². The number of hydrogen-bond acceptors (Lipinski definition) is 6. The molecule has 224 valence electrons. The van der Waals surface area contributed by atoms with Crippen LogP contribution in [-0.2, 0) is 22.6 Å². The number of halogens is 2. The van der Waals surface area contributed by atoms with E-state index in [9.17, 15) is 14.0 Å². The van der Waals surface area contributed by atoms with Crippen LogP contribution in [0, 0.1) is 12.7 Å². The molecule has 6 rings (SSSR count). The second-order valence-corrected chi connectivity index (χ2v) is 11.1. The van der Waals surface area contributed by atoms with E-state index in [4.69, 9.17) is 25.8 Å². The number of carbonyl (C=O) groups excluding carboxylic acids is 2. The van der Waals surface area contributed by atoms with Crippen LogP contribution >= 0.6 is 11.6 Å². The maximum Gasteiger partial charge on any atom is 0.310 e. The van der Waals surface area contributed by atoms with Gasteiger partial charge >= 0.3 is 5.97 Å². The van der Waals surface area contributed by atoms with Gasteiger partial charge in [-0.15, -0.1) is 0 Å². The summed E-state index contributed by atoms with van der Waals surface area (Å²) >= 11 is 6.62. The molecule has 0 amide bonds. The van der Waals surface area contributed by atoms with Crippen LogP contribution in [0.3, 0.4) is 0 Å². The number of esters is 1. The smallest absolute Gasteiger partial charge is 0.310 e. The van der Waals surface area contributed by atoms with Gasteiger partial charge in [-0.25, -0.2) is 4.39 Å². The molecule has 0 aliphatic carbocycles. The van der Waals surface area contributed by atoms with Gasteiger partial charge in [0.15, 0.2) is 0 Å². The number of para-hydroxylation sites is 2. The van der Waals surface area contributed by atoms with E-state index >= 15 is 0 Å². The van der Waals surface area contributed by atoms with Gasteiger partial charge in [0, 0.05) is 18.1 Å². The van der Waals surface area contributed by atoms with E-state index in [1.165, 1.54) is 22.8 Å². The molecule has 9 heteroatoms. The number of hydrogen-bond donors (Lipinski definition) is 0. The zero-order valence-corrected chi connectivity index (χ0v) is 25.0. The average molecular weight is 613 g/mol. The van der Waals surface area contributed by atoms with Crippen molar-refractivity contribution in [2.75, 3.05) is 25.1 Å². The maximum absolute atomic E-state index is 14.3. The number of carbonyl (C=O) groups is 2. The van der Waals surface area contributed by atoms with Crippen molar-refractivity contribution in [3.63, 3.8) is 0 Å². The Morgan fingerprint density at radius 2 is 1.77 bits per heavy atom. The Bertz CT molecular complexity index is 1860. The second kappa shape index (κ2) is 12.4. The molecule has 1 atom stereocenters. The monoisotopic (exact) mass is 612 g/mol. The number of likely N-dealkylation sites (N-methyl/N-ethyl adjacent to an activating group) is 1. The Labute approximate surface area is 259 Å². The molecule has 0 unspecified atom stereocenters. The molecule has 0 spiro atoms. The lowest BCUT2D eigenvalue weighted by Gasteiger charge is -2.33. The number of nitrogens with zero attached hydrogens (tertiary/aromatic N) is 2. The van der Waals surface area contributed by atoms with Crippen LogP contribution in [0.5, 0.6) is 11.5 Å². The highest BCUT2D eigenvalue weighted by atomic mass is 35.5. The fourth-order valence-corrected chi connectivity index (χ4v) is 5.77. The van der Waals surface area contributed by atoms with Crippen molar-refractivity contribution in [3.8, 4) is 11.5 Å². The fraction of sp³-hybridized carbons (Fsp3) is 0.200. The molecule has 0 N–H and O–H groups in total. The minimum atomic E-state index is -0.483. The normalized spacial score (nSPS) is 14.2. The number of benzene rings is 4. The molecule has 44 heavy (non-hydrogen) atoms. The Morgan fingerprint density at radius 1 is 1.00 bits per heavy atom. The number of rotatable bonds is 8. The van der Waals surface area contributed by atoms with Gasteiger partial charge in [0.05, 0.1) is 34.8 Å². The number of ether oxygens (including phenoxy) is 3. The molecular formula is C35H30ClFN2O5. The minimum absolute atomic E-state index is 0.117. The summed E-state index contributed by atoms with van der Waals surface area (Å²) < 4.78 is 33.3. The summed E-state index contributed by atoms with van der Waals surface area (Å²) in [5, 5.41) is 0.661. The zero-order chi connectivity index (χ0) is 30.8. The first-order chi connectivity index (χ1) is 21.3. The van der Waals surface area contributed by atoms with Gasteiger partial charge < -0.3 is 19.1 Å². The standard InChI is InChI=1S/C35H30ClFN2O5/c1-22-28(18-34(40)43-20-23-8-4-3-5-9-23)29-16-24(37)12-15-31(29)39(22)35(41)27-14-13-25(17-30(27)36)42-21-26-19-38(2)32-10-6-7-11-33(32)44-26/h3-17,26H,18-21H2,1-2H3/t26-/m0/s1. The SMILES string of the molecule is Cc1c(CC(=O)OCc2ccccc2)c2cc(F)ccc2n1C(=O)c1ccc(OC[C@@H]2CN(C)c3ccccc3O2)cc1Cl. The summed E-state index contributed by atoms with van der Waals surface area (Å²) in [5.74, 6) is -0.0732. The van der Waals surface area contributed by atoms with Crippen molar-refractivity contribution in [1.82, 2.24) is 4.57 Å². The summed E-state index contributed by atoms with van der Waals surface area (Å²) in [7, 11) is 2.01. The first-order valence-electron chi connectivity index (χ1n) is 14.2. The maximum atomic E-state index is 14.3. The van der Waals surface area contributed by atoms with E-state index in [0.29, 0.717) is 41.1 Å². The van der Waals surface area contributed by atoms with Gasteiger partial charge in [-0.1, -0.05) is 54.1 Å². The fourth-order valence-electron chi connectivity index (χ4n) is 5.52. The summed E-state index contributed by atoms with van der Waals surface area (Å²) in [6, 6.07) is 26.2. The average Bonchev–Trinajstić information content (AvgIpc) is 3.29. The van der Waals surface area contributed by atoms with Gasteiger partial charge in [0.25, 0.3) is 5.91 Å². The van der Waals surface area contributed by atoms with Crippen LogP contribution in [-0.4, -0.2) is 42.7 Å². The van der Waals surface area contributed by atoms with Crippen LogP contribution < -0.4 is 14.4 Å². The van der Waals surface area contributed by atoms with E-state index in [-0.39, 0.29) is 29.7 Å². The van der Waals surface area contributed by atoms with Crippen molar-refractivity contribution in [2.24, 2.45) is 0 Å². The van der Waals surface area contributed by atoms with Gasteiger partial charge in [-0.3, -0.25) is 14.2 Å². The van der Waals surface area contributed by atoms with Crippen molar-refractivity contribution in [3.05, 3.63) is 124 Å². The largest absolute Gasteiger partial charge is 0.490 e. The molecule has 0 saturated carbocycles. The topological polar surface area (TPSA) is 70.0 Å². The summed E-state index contributed by atoms with van der Waals surface area (Å²) in [6.07, 6.45) is -0.315. The highest BCUT2D eigenvalue weighted by molar-refractivity contribution is 6.34. The Balaban J connectivity index is 1.20. The molecule has 1 aromatic heterocycles. The Morgan fingerprint density at radius 3 is 2.57 bits per heavy atom. The minimum Gasteiger partial charge on any atom is -0.490 e. The van der Waals surface area contributed by atoms with E-state index in [2.05, 4.69) is 4.90 Å². The third-order valence-electron chi connectivity index (χ3n) is 7.72.